The van der Waals surface area contributed by atoms with Crippen molar-refractivity contribution < 1.29 is 4.39 Å². The van der Waals surface area contributed by atoms with E-state index in [1.807, 2.05) is 38.4 Å². The lowest BCUT2D eigenvalue weighted by atomic mass is 9.92. The Hall–Kier alpha value is -2.26. The summed E-state index contributed by atoms with van der Waals surface area (Å²) in [7, 11) is 1.89. The Morgan fingerprint density at radius 1 is 1.10 bits per heavy atom. The van der Waals surface area contributed by atoms with E-state index in [2.05, 4.69) is 22.4 Å². The number of fused-ring (bicyclic) bond motifs is 1. The summed E-state index contributed by atoms with van der Waals surface area (Å²) < 4.78 is 13.6. The molecule has 0 saturated heterocycles. The normalized spacial score (nSPS) is 12.5. The lowest BCUT2D eigenvalue weighted by Crippen LogP contribution is -2.19. The second-order valence-corrected chi connectivity index (χ2v) is 5.17. The van der Waals surface area contributed by atoms with Crippen LogP contribution in [0.25, 0.3) is 10.8 Å². The van der Waals surface area contributed by atoms with Crippen molar-refractivity contribution in [3.8, 4) is 0 Å². The number of nitrogens with zero attached hydrogens (tertiary/aromatic N) is 1. The average Bonchev–Trinajstić information content (AvgIpc) is 2.51. The quantitative estimate of drug-likeness (QED) is 0.784. The van der Waals surface area contributed by atoms with Gasteiger partial charge in [-0.25, -0.2) is 4.39 Å². The minimum atomic E-state index is -0.214. The molecule has 1 heterocycles. The van der Waals surface area contributed by atoms with Crippen LogP contribution < -0.4 is 5.32 Å². The zero-order valence-electron chi connectivity index (χ0n) is 12.1. The van der Waals surface area contributed by atoms with E-state index in [0.29, 0.717) is 0 Å². The monoisotopic (exact) mass is 280 g/mol. The fourth-order valence-corrected chi connectivity index (χ4v) is 2.79. The summed E-state index contributed by atoms with van der Waals surface area (Å²) in [5.74, 6) is -0.214. The lowest BCUT2D eigenvalue weighted by Gasteiger charge is -2.21. The summed E-state index contributed by atoms with van der Waals surface area (Å²) in [5, 5.41) is 5.52. The van der Waals surface area contributed by atoms with Crippen molar-refractivity contribution in [3.63, 3.8) is 0 Å². The molecule has 1 N–H and O–H groups in total. The van der Waals surface area contributed by atoms with E-state index in [-0.39, 0.29) is 11.9 Å². The van der Waals surface area contributed by atoms with E-state index in [0.717, 1.165) is 27.5 Å². The number of aromatic nitrogens is 1. The number of nitrogens with one attached hydrogen (secondary N) is 1. The van der Waals surface area contributed by atoms with Gasteiger partial charge in [0.15, 0.2) is 0 Å². The number of halogens is 1. The Morgan fingerprint density at radius 2 is 1.95 bits per heavy atom. The number of rotatable bonds is 3. The maximum absolute atomic E-state index is 13.6. The van der Waals surface area contributed by atoms with Crippen LogP contribution in [0, 0.1) is 12.7 Å². The largest absolute Gasteiger partial charge is 0.309 e. The molecule has 0 aliphatic heterocycles. The minimum absolute atomic E-state index is 0.0615. The first kappa shape index (κ1) is 13.7. The zero-order chi connectivity index (χ0) is 14.8. The molecule has 3 aromatic rings. The fraction of sp³-hybridized carbons (Fsp3) is 0.167. The predicted octanol–water partition coefficient (Wildman–Crippen LogP) is 3.99. The van der Waals surface area contributed by atoms with Gasteiger partial charge in [-0.15, -0.1) is 0 Å². The first-order valence-corrected chi connectivity index (χ1v) is 6.96. The van der Waals surface area contributed by atoms with Gasteiger partial charge in [0.1, 0.15) is 5.82 Å². The van der Waals surface area contributed by atoms with Gasteiger partial charge in [0, 0.05) is 17.8 Å². The second-order valence-electron chi connectivity index (χ2n) is 5.17. The highest BCUT2D eigenvalue weighted by atomic mass is 19.1. The van der Waals surface area contributed by atoms with Crippen LogP contribution in [0.1, 0.15) is 22.7 Å². The van der Waals surface area contributed by atoms with Crippen LogP contribution in [-0.4, -0.2) is 12.0 Å². The molecule has 0 fully saturated rings. The van der Waals surface area contributed by atoms with Gasteiger partial charge < -0.3 is 5.32 Å². The lowest BCUT2D eigenvalue weighted by molar-refractivity contribution is 0.615. The van der Waals surface area contributed by atoms with Crippen LogP contribution in [0.4, 0.5) is 4.39 Å². The smallest absolute Gasteiger partial charge is 0.123 e. The number of hydrogen-bond donors (Lipinski definition) is 1. The highest BCUT2D eigenvalue weighted by Gasteiger charge is 2.17. The third-order valence-corrected chi connectivity index (χ3v) is 3.87. The van der Waals surface area contributed by atoms with Gasteiger partial charge in [-0.05, 0) is 54.2 Å². The van der Waals surface area contributed by atoms with E-state index < -0.39 is 0 Å². The molecule has 0 amide bonds. The van der Waals surface area contributed by atoms with Crippen molar-refractivity contribution in [2.75, 3.05) is 7.05 Å². The van der Waals surface area contributed by atoms with Crippen molar-refractivity contribution in [3.05, 3.63) is 77.4 Å². The Morgan fingerprint density at radius 3 is 2.76 bits per heavy atom. The molecule has 21 heavy (non-hydrogen) atoms. The molecule has 0 bridgehead atoms. The summed E-state index contributed by atoms with van der Waals surface area (Å²) >= 11 is 0. The van der Waals surface area contributed by atoms with Gasteiger partial charge in [-0.3, -0.25) is 4.98 Å². The topological polar surface area (TPSA) is 24.9 Å². The van der Waals surface area contributed by atoms with Gasteiger partial charge in [-0.2, -0.15) is 0 Å². The SMILES string of the molecule is CNC(c1cc(F)ccc1C)c1cccc2ccncc12. The molecule has 1 unspecified atom stereocenters. The first-order valence-electron chi connectivity index (χ1n) is 6.96. The average molecular weight is 280 g/mol. The molecule has 0 spiro atoms. The molecule has 0 aliphatic rings. The minimum Gasteiger partial charge on any atom is -0.309 e. The summed E-state index contributed by atoms with van der Waals surface area (Å²) in [6, 6.07) is 13.0. The molecule has 3 rings (SSSR count). The number of benzene rings is 2. The van der Waals surface area contributed by atoms with Gasteiger partial charge in [-0.1, -0.05) is 24.3 Å². The predicted molar refractivity (Wildman–Crippen MR) is 83.8 cm³/mol. The Labute approximate surface area is 123 Å². The third kappa shape index (κ3) is 2.52. The van der Waals surface area contributed by atoms with Crippen LogP contribution in [0.15, 0.2) is 54.9 Å². The molecule has 1 atom stereocenters. The van der Waals surface area contributed by atoms with Crippen LogP contribution in [0.2, 0.25) is 0 Å². The first-order chi connectivity index (χ1) is 10.2. The van der Waals surface area contributed by atoms with Crippen molar-refractivity contribution in [1.29, 1.82) is 0 Å². The van der Waals surface area contributed by atoms with Crippen molar-refractivity contribution in [2.45, 2.75) is 13.0 Å². The Kier molecular flexibility index (Phi) is 3.67. The number of hydrogen-bond acceptors (Lipinski definition) is 2. The number of pyridine rings is 1. The third-order valence-electron chi connectivity index (χ3n) is 3.87. The number of aryl methyl sites for hydroxylation is 1. The second kappa shape index (κ2) is 5.62. The van der Waals surface area contributed by atoms with Gasteiger partial charge in [0.2, 0.25) is 0 Å². The molecule has 3 heteroatoms. The van der Waals surface area contributed by atoms with E-state index in [4.69, 9.17) is 0 Å². The van der Waals surface area contributed by atoms with Crippen LogP contribution in [0.5, 0.6) is 0 Å². The molecular weight excluding hydrogens is 263 g/mol. The van der Waals surface area contributed by atoms with Crippen molar-refractivity contribution in [1.82, 2.24) is 10.3 Å². The summed E-state index contributed by atoms with van der Waals surface area (Å²) in [6.07, 6.45) is 3.65. The Balaban J connectivity index is 2.21. The molecule has 1 aromatic heterocycles. The van der Waals surface area contributed by atoms with Crippen LogP contribution in [0.3, 0.4) is 0 Å². The summed E-state index contributed by atoms with van der Waals surface area (Å²) in [5.41, 5.74) is 3.13. The zero-order valence-corrected chi connectivity index (χ0v) is 12.1. The van der Waals surface area contributed by atoms with Crippen molar-refractivity contribution in [2.24, 2.45) is 0 Å². The van der Waals surface area contributed by atoms with Gasteiger partial charge in [0.05, 0.1) is 6.04 Å². The Bertz CT molecular complexity index is 778. The van der Waals surface area contributed by atoms with E-state index >= 15 is 0 Å². The molecule has 2 nitrogen and oxygen atoms in total. The maximum Gasteiger partial charge on any atom is 0.123 e. The maximum atomic E-state index is 13.6. The van der Waals surface area contributed by atoms with Gasteiger partial charge in [0.25, 0.3) is 0 Å². The van der Waals surface area contributed by atoms with E-state index in [9.17, 15) is 4.39 Å². The summed E-state index contributed by atoms with van der Waals surface area (Å²) in [6.45, 7) is 2.00. The molecular formula is C18H17FN2. The highest BCUT2D eigenvalue weighted by Crippen LogP contribution is 2.30. The summed E-state index contributed by atoms with van der Waals surface area (Å²) in [4.78, 5) is 4.22. The highest BCUT2D eigenvalue weighted by molar-refractivity contribution is 5.85. The van der Waals surface area contributed by atoms with Crippen LogP contribution in [-0.2, 0) is 0 Å². The van der Waals surface area contributed by atoms with E-state index in [1.165, 1.54) is 6.07 Å². The molecule has 0 aliphatic carbocycles. The molecule has 2 aromatic carbocycles. The van der Waals surface area contributed by atoms with Crippen LogP contribution >= 0.6 is 0 Å². The molecule has 106 valence electrons. The molecule has 0 radical (unpaired) electrons. The van der Waals surface area contributed by atoms with Crippen molar-refractivity contribution >= 4 is 10.8 Å². The van der Waals surface area contributed by atoms with E-state index in [1.54, 1.807) is 12.3 Å². The standard InChI is InChI=1S/C18H17FN2/c1-12-6-7-14(19)10-16(12)18(20-2)15-5-3-4-13-8-9-21-11-17(13)15/h3-11,18,20H,1-2H3. The fourth-order valence-electron chi connectivity index (χ4n) is 2.79. The molecule has 0 saturated carbocycles. The van der Waals surface area contributed by atoms with Gasteiger partial charge >= 0.3 is 0 Å².